The summed E-state index contributed by atoms with van der Waals surface area (Å²) in [6, 6.07) is 6.54. The first kappa shape index (κ1) is 15.9. The molecule has 1 atom stereocenters. The van der Waals surface area contributed by atoms with Gasteiger partial charge in [0.1, 0.15) is 5.82 Å². The maximum atomic E-state index is 13.6. The van der Waals surface area contributed by atoms with Gasteiger partial charge in [-0.25, -0.2) is 4.39 Å². The van der Waals surface area contributed by atoms with E-state index >= 15 is 0 Å². The predicted molar refractivity (Wildman–Crippen MR) is 79.7 cm³/mol. The first-order chi connectivity index (χ1) is 9.15. The van der Waals surface area contributed by atoms with Crippen LogP contribution in [0.4, 0.5) is 4.39 Å². The summed E-state index contributed by atoms with van der Waals surface area (Å²) in [4.78, 5) is 0. The largest absolute Gasteiger partial charge is 0.382 e. The fourth-order valence-electron chi connectivity index (χ4n) is 1.67. The van der Waals surface area contributed by atoms with Crippen molar-refractivity contribution in [3.05, 3.63) is 35.6 Å². The van der Waals surface area contributed by atoms with Gasteiger partial charge in [0.2, 0.25) is 0 Å². The zero-order valence-electron chi connectivity index (χ0n) is 11.4. The van der Waals surface area contributed by atoms with Crippen molar-refractivity contribution in [1.29, 1.82) is 0 Å². The van der Waals surface area contributed by atoms with Gasteiger partial charge in [-0.1, -0.05) is 18.2 Å². The summed E-state index contributed by atoms with van der Waals surface area (Å²) in [7, 11) is 0. The van der Waals surface area contributed by atoms with Gasteiger partial charge in [0.05, 0.1) is 6.04 Å². The lowest BCUT2D eigenvalue weighted by Crippen LogP contribution is -2.37. The van der Waals surface area contributed by atoms with Crippen molar-refractivity contribution in [2.24, 2.45) is 0 Å². The third-order valence-electron chi connectivity index (χ3n) is 2.67. The number of benzene rings is 1. The van der Waals surface area contributed by atoms with Crippen molar-refractivity contribution >= 4 is 17.3 Å². The molecule has 2 N–H and O–H groups in total. The van der Waals surface area contributed by atoms with Gasteiger partial charge in [0.15, 0.2) is 5.11 Å². The normalized spacial score (nSPS) is 11.9. The van der Waals surface area contributed by atoms with Crippen LogP contribution in [0.15, 0.2) is 24.3 Å². The molecule has 0 bridgehead atoms. The van der Waals surface area contributed by atoms with Crippen molar-refractivity contribution in [3.63, 3.8) is 0 Å². The monoisotopic (exact) mass is 284 g/mol. The van der Waals surface area contributed by atoms with E-state index in [0.29, 0.717) is 10.7 Å². The Labute approximate surface area is 119 Å². The number of nitrogens with one attached hydrogen (secondary N) is 2. The fraction of sp³-hybridized carbons (Fsp3) is 0.500. The van der Waals surface area contributed by atoms with E-state index in [1.807, 2.05) is 19.9 Å². The Bertz CT molecular complexity index is 401. The maximum absolute atomic E-state index is 13.6. The highest BCUT2D eigenvalue weighted by Gasteiger charge is 2.10. The van der Waals surface area contributed by atoms with Crippen LogP contribution < -0.4 is 10.6 Å². The molecule has 0 heterocycles. The van der Waals surface area contributed by atoms with E-state index in [1.54, 1.807) is 12.1 Å². The molecule has 0 aliphatic rings. The van der Waals surface area contributed by atoms with Crippen LogP contribution in [0.2, 0.25) is 0 Å². The standard InChI is InChI=1S/C14H21FN2OS/c1-3-18-10-6-9-16-14(19)17-11(2)12-7-4-5-8-13(12)15/h4-5,7-8,11H,3,6,9-10H2,1-2H3,(H2,16,17,19). The number of rotatable bonds is 7. The molecule has 1 aromatic carbocycles. The van der Waals surface area contributed by atoms with Gasteiger partial charge >= 0.3 is 0 Å². The van der Waals surface area contributed by atoms with Gasteiger partial charge in [-0.05, 0) is 38.6 Å². The molecule has 0 saturated heterocycles. The van der Waals surface area contributed by atoms with Crippen molar-refractivity contribution in [3.8, 4) is 0 Å². The molecule has 0 aliphatic heterocycles. The quantitative estimate of drug-likeness (QED) is 0.596. The van der Waals surface area contributed by atoms with Gasteiger partial charge in [-0.3, -0.25) is 0 Å². The minimum Gasteiger partial charge on any atom is -0.382 e. The Morgan fingerprint density at radius 1 is 1.42 bits per heavy atom. The van der Waals surface area contributed by atoms with Gasteiger partial charge in [0.25, 0.3) is 0 Å². The fourth-order valence-corrected chi connectivity index (χ4v) is 1.95. The van der Waals surface area contributed by atoms with Gasteiger partial charge < -0.3 is 15.4 Å². The highest BCUT2D eigenvalue weighted by Crippen LogP contribution is 2.15. The average molecular weight is 284 g/mol. The van der Waals surface area contributed by atoms with Crippen molar-refractivity contribution < 1.29 is 9.13 Å². The van der Waals surface area contributed by atoms with Gasteiger partial charge in [-0.15, -0.1) is 0 Å². The lowest BCUT2D eigenvalue weighted by Gasteiger charge is -2.17. The molecular weight excluding hydrogens is 263 g/mol. The van der Waals surface area contributed by atoms with E-state index in [4.69, 9.17) is 17.0 Å². The highest BCUT2D eigenvalue weighted by atomic mass is 32.1. The molecular formula is C14H21FN2OS. The number of hydrogen-bond acceptors (Lipinski definition) is 2. The molecule has 19 heavy (non-hydrogen) atoms. The van der Waals surface area contributed by atoms with E-state index in [1.165, 1.54) is 6.07 Å². The third kappa shape index (κ3) is 5.98. The first-order valence-corrected chi connectivity index (χ1v) is 6.92. The van der Waals surface area contributed by atoms with E-state index in [0.717, 1.165) is 26.2 Å². The summed E-state index contributed by atoms with van der Waals surface area (Å²) in [6.45, 7) is 6.04. The van der Waals surface area contributed by atoms with Crippen molar-refractivity contribution in [1.82, 2.24) is 10.6 Å². The zero-order valence-corrected chi connectivity index (χ0v) is 12.2. The highest BCUT2D eigenvalue weighted by molar-refractivity contribution is 7.80. The molecule has 0 fully saturated rings. The molecule has 0 aromatic heterocycles. The molecule has 0 aliphatic carbocycles. The minimum absolute atomic E-state index is 0.159. The lowest BCUT2D eigenvalue weighted by molar-refractivity contribution is 0.145. The van der Waals surface area contributed by atoms with Crippen LogP contribution in [0.1, 0.15) is 31.9 Å². The molecule has 1 aromatic rings. The summed E-state index contributed by atoms with van der Waals surface area (Å²) >= 11 is 5.17. The van der Waals surface area contributed by atoms with E-state index < -0.39 is 0 Å². The molecule has 1 unspecified atom stereocenters. The second-order valence-electron chi connectivity index (χ2n) is 4.19. The van der Waals surface area contributed by atoms with Crippen LogP contribution in [0.5, 0.6) is 0 Å². The SMILES string of the molecule is CCOCCCNC(=S)NC(C)c1ccccc1F. The van der Waals surface area contributed by atoms with Crippen LogP contribution in [-0.4, -0.2) is 24.9 Å². The number of halogens is 1. The molecule has 3 nitrogen and oxygen atoms in total. The second kappa shape index (κ2) is 8.82. The van der Waals surface area contributed by atoms with Crippen LogP contribution >= 0.6 is 12.2 Å². The van der Waals surface area contributed by atoms with Gasteiger partial charge in [0, 0.05) is 25.3 Å². The number of thiocarbonyl (C=S) groups is 1. The summed E-state index contributed by atoms with van der Waals surface area (Å²) in [5, 5.41) is 6.68. The average Bonchev–Trinajstić information content (AvgIpc) is 2.39. The lowest BCUT2D eigenvalue weighted by atomic mass is 10.1. The van der Waals surface area contributed by atoms with E-state index in [2.05, 4.69) is 10.6 Å². The van der Waals surface area contributed by atoms with Crippen LogP contribution in [0.3, 0.4) is 0 Å². The molecule has 0 amide bonds. The molecule has 106 valence electrons. The van der Waals surface area contributed by atoms with E-state index in [9.17, 15) is 4.39 Å². The Hall–Kier alpha value is -1.20. The van der Waals surface area contributed by atoms with Crippen molar-refractivity contribution in [2.75, 3.05) is 19.8 Å². The van der Waals surface area contributed by atoms with Gasteiger partial charge in [-0.2, -0.15) is 0 Å². The Balaban J connectivity index is 2.30. The molecule has 1 rings (SSSR count). The smallest absolute Gasteiger partial charge is 0.166 e. The zero-order chi connectivity index (χ0) is 14.1. The molecule has 5 heteroatoms. The van der Waals surface area contributed by atoms with Crippen molar-refractivity contribution in [2.45, 2.75) is 26.3 Å². The first-order valence-electron chi connectivity index (χ1n) is 6.51. The Morgan fingerprint density at radius 3 is 2.84 bits per heavy atom. The Kier molecular flexibility index (Phi) is 7.36. The topological polar surface area (TPSA) is 33.3 Å². The van der Waals surface area contributed by atoms with Crippen LogP contribution in [-0.2, 0) is 4.74 Å². The summed E-state index contributed by atoms with van der Waals surface area (Å²) in [5.41, 5.74) is 0.612. The third-order valence-corrected chi connectivity index (χ3v) is 2.94. The molecule has 0 radical (unpaired) electrons. The minimum atomic E-state index is -0.221. The summed E-state index contributed by atoms with van der Waals surface area (Å²) in [5.74, 6) is -0.221. The summed E-state index contributed by atoms with van der Waals surface area (Å²) < 4.78 is 18.8. The number of ether oxygens (including phenoxy) is 1. The second-order valence-corrected chi connectivity index (χ2v) is 4.60. The number of hydrogen-bond donors (Lipinski definition) is 2. The Morgan fingerprint density at radius 2 is 2.16 bits per heavy atom. The molecule has 0 saturated carbocycles. The van der Waals surface area contributed by atoms with Crippen LogP contribution in [0.25, 0.3) is 0 Å². The summed E-state index contributed by atoms with van der Waals surface area (Å²) in [6.07, 6.45) is 0.893. The van der Waals surface area contributed by atoms with Crippen LogP contribution in [0, 0.1) is 5.82 Å². The van der Waals surface area contributed by atoms with E-state index in [-0.39, 0.29) is 11.9 Å². The molecule has 0 spiro atoms. The predicted octanol–water partition coefficient (Wildman–Crippen LogP) is 2.78. The maximum Gasteiger partial charge on any atom is 0.166 e.